The predicted octanol–water partition coefficient (Wildman–Crippen LogP) is 0.491. The lowest BCUT2D eigenvalue weighted by Gasteiger charge is -1.79. The number of alkyl halides is 1. The molecule has 0 aromatic carbocycles. The molecule has 1 aliphatic carbocycles. The third-order valence-electron chi connectivity index (χ3n) is 1.41. The van der Waals surface area contributed by atoms with Crippen molar-refractivity contribution in [2.45, 2.75) is 16.3 Å². The van der Waals surface area contributed by atoms with Crippen molar-refractivity contribution < 1.29 is 0 Å². The molecule has 1 heterocycles. The van der Waals surface area contributed by atoms with E-state index in [9.17, 15) is 0 Å². The maximum Gasteiger partial charge on any atom is 0.178 e. The summed E-state index contributed by atoms with van der Waals surface area (Å²) in [5.74, 6) is 1.44. The minimum absolute atomic E-state index is 0.573. The molecule has 1 aromatic heterocycles. The summed E-state index contributed by atoms with van der Waals surface area (Å²) in [6.07, 6.45) is 1.21. The zero-order valence-corrected chi connectivity index (χ0v) is 6.74. The Bertz CT molecular complexity index is 196. The molecule has 9 heavy (non-hydrogen) atoms. The van der Waals surface area contributed by atoms with Gasteiger partial charge < -0.3 is 0 Å². The van der Waals surface area contributed by atoms with Gasteiger partial charge in [-0.3, -0.25) is 0 Å². The van der Waals surface area contributed by atoms with Gasteiger partial charge in [-0.2, -0.15) is 5.21 Å². The summed E-state index contributed by atoms with van der Waals surface area (Å²) in [4.78, 5) is 0. The van der Waals surface area contributed by atoms with Crippen LogP contribution >= 0.6 is 22.6 Å². The van der Waals surface area contributed by atoms with Gasteiger partial charge in [0.05, 0.1) is 0 Å². The van der Waals surface area contributed by atoms with Crippen LogP contribution in [-0.4, -0.2) is 24.5 Å². The first-order chi connectivity index (χ1) is 4.38. The van der Waals surface area contributed by atoms with Crippen molar-refractivity contribution in [3.63, 3.8) is 0 Å². The first-order valence-corrected chi connectivity index (χ1v) is 4.00. The smallest absolute Gasteiger partial charge is 0.177 e. The average molecular weight is 236 g/mol. The number of aromatic amines is 1. The highest BCUT2D eigenvalue weighted by Crippen LogP contribution is 2.44. The second-order valence-corrected chi connectivity index (χ2v) is 3.73. The summed E-state index contributed by atoms with van der Waals surface area (Å²) in [5.41, 5.74) is 0. The number of nitrogens with zero attached hydrogens (tertiary/aromatic N) is 3. The first-order valence-electron chi connectivity index (χ1n) is 2.75. The van der Waals surface area contributed by atoms with Crippen LogP contribution in [-0.2, 0) is 0 Å². The lowest BCUT2D eigenvalue weighted by Crippen LogP contribution is -1.84. The molecule has 5 heteroatoms. The predicted molar refractivity (Wildman–Crippen MR) is 39.3 cm³/mol. The van der Waals surface area contributed by atoms with Gasteiger partial charge in [-0.1, -0.05) is 27.8 Å². The molecular weight excluding hydrogens is 231 g/mol. The molecule has 1 N–H and O–H groups in total. The van der Waals surface area contributed by atoms with Crippen LogP contribution in [0.4, 0.5) is 0 Å². The highest BCUT2D eigenvalue weighted by molar-refractivity contribution is 14.1. The van der Waals surface area contributed by atoms with Gasteiger partial charge in [-0.25, -0.2) is 0 Å². The number of nitrogens with one attached hydrogen (secondary N) is 1. The number of tetrazole rings is 1. The monoisotopic (exact) mass is 236 g/mol. The van der Waals surface area contributed by atoms with Crippen molar-refractivity contribution in [3.8, 4) is 0 Å². The van der Waals surface area contributed by atoms with Crippen LogP contribution < -0.4 is 0 Å². The maximum atomic E-state index is 3.88. The van der Waals surface area contributed by atoms with Gasteiger partial charge in [0.25, 0.3) is 0 Å². The molecule has 0 bridgehead atoms. The third kappa shape index (κ3) is 0.930. The van der Waals surface area contributed by atoms with Crippen LogP contribution in [0.5, 0.6) is 0 Å². The molecule has 2 rings (SSSR count). The maximum absolute atomic E-state index is 3.88. The van der Waals surface area contributed by atoms with E-state index in [2.05, 4.69) is 43.2 Å². The Labute approximate surface area is 65.6 Å². The zero-order valence-electron chi connectivity index (χ0n) is 4.58. The van der Waals surface area contributed by atoms with E-state index >= 15 is 0 Å². The molecule has 1 aromatic rings. The Kier molecular flexibility index (Phi) is 1.17. The lowest BCUT2D eigenvalue weighted by atomic mass is 10.4. The van der Waals surface area contributed by atoms with Gasteiger partial charge in [0.1, 0.15) is 0 Å². The second-order valence-electron chi connectivity index (χ2n) is 2.13. The van der Waals surface area contributed by atoms with E-state index in [0.717, 1.165) is 9.75 Å². The number of hydrogen-bond acceptors (Lipinski definition) is 3. The average Bonchev–Trinajstić information content (AvgIpc) is 2.44. The Hall–Kier alpha value is -0.200. The fraction of sp³-hybridized carbons (Fsp3) is 0.750. The Morgan fingerprint density at radius 3 is 2.89 bits per heavy atom. The highest BCUT2D eigenvalue weighted by Gasteiger charge is 2.39. The van der Waals surface area contributed by atoms with Crippen molar-refractivity contribution in [1.82, 2.24) is 20.6 Å². The molecule has 0 saturated heterocycles. The second kappa shape index (κ2) is 1.89. The van der Waals surface area contributed by atoms with Crippen molar-refractivity contribution in [1.29, 1.82) is 0 Å². The summed E-state index contributed by atoms with van der Waals surface area (Å²) in [5, 5.41) is 13.7. The lowest BCUT2D eigenvalue weighted by molar-refractivity contribution is 0.881. The highest BCUT2D eigenvalue weighted by atomic mass is 127. The minimum Gasteiger partial charge on any atom is -0.177 e. The van der Waals surface area contributed by atoms with Crippen LogP contribution in [0, 0.1) is 0 Å². The van der Waals surface area contributed by atoms with E-state index in [1.807, 2.05) is 0 Å². The molecule has 0 spiro atoms. The van der Waals surface area contributed by atoms with Gasteiger partial charge in [0.15, 0.2) is 5.82 Å². The first kappa shape index (κ1) is 5.57. The largest absolute Gasteiger partial charge is 0.178 e. The topological polar surface area (TPSA) is 54.5 Å². The molecule has 2 atom stereocenters. The molecular formula is C4H5IN4. The van der Waals surface area contributed by atoms with E-state index in [0.29, 0.717) is 5.92 Å². The van der Waals surface area contributed by atoms with Gasteiger partial charge >= 0.3 is 0 Å². The number of halogens is 1. The number of H-pyrrole nitrogens is 1. The minimum atomic E-state index is 0.573. The Balaban J connectivity index is 2.18. The summed E-state index contributed by atoms with van der Waals surface area (Å²) in [6, 6.07) is 0. The van der Waals surface area contributed by atoms with Crippen molar-refractivity contribution in [2.75, 3.05) is 0 Å². The van der Waals surface area contributed by atoms with Gasteiger partial charge in [0.2, 0.25) is 0 Å². The molecule has 1 fully saturated rings. The molecule has 48 valence electrons. The standard InChI is InChI=1S/C4H5IN4/c5-3-1-2(3)4-6-8-9-7-4/h2-3H,1H2,(H,6,7,8,9)/t2-,3-/m1/s1. The molecule has 0 radical (unpaired) electrons. The van der Waals surface area contributed by atoms with Gasteiger partial charge in [-0.15, -0.1) is 10.2 Å². The van der Waals surface area contributed by atoms with Crippen LogP contribution in [0.2, 0.25) is 0 Å². The fourth-order valence-corrected chi connectivity index (χ4v) is 1.63. The van der Waals surface area contributed by atoms with Gasteiger partial charge in [-0.05, 0) is 6.42 Å². The Morgan fingerprint density at radius 2 is 2.44 bits per heavy atom. The summed E-state index contributed by atoms with van der Waals surface area (Å²) in [6.45, 7) is 0. The quantitative estimate of drug-likeness (QED) is 0.570. The number of hydrogen-bond donors (Lipinski definition) is 1. The summed E-state index contributed by atoms with van der Waals surface area (Å²) in [7, 11) is 0. The normalized spacial score (nSPS) is 32.6. The Morgan fingerprint density at radius 1 is 1.67 bits per heavy atom. The van der Waals surface area contributed by atoms with Crippen LogP contribution in [0.3, 0.4) is 0 Å². The zero-order chi connectivity index (χ0) is 6.27. The third-order valence-corrected chi connectivity index (χ3v) is 2.78. The molecule has 1 aliphatic rings. The molecule has 4 nitrogen and oxygen atoms in total. The van der Waals surface area contributed by atoms with Gasteiger partial charge in [0, 0.05) is 9.84 Å². The SMILES string of the molecule is I[C@@H]1C[C@H]1c1nn[nH]n1. The fourth-order valence-electron chi connectivity index (χ4n) is 0.758. The molecule has 1 saturated carbocycles. The van der Waals surface area contributed by atoms with E-state index in [-0.39, 0.29) is 0 Å². The molecule has 0 aliphatic heterocycles. The summed E-state index contributed by atoms with van der Waals surface area (Å²) >= 11 is 2.40. The van der Waals surface area contributed by atoms with Crippen molar-refractivity contribution in [3.05, 3.63) is 5.82 Å². The van der Waals surface area contributed by atoms with Crippen LogP contribution in [0.25, 0.3) is 0 Å². The van der Waals surface area contributed by atoms with Crippen LogP contribution in [0.15, 0.2) is 0 Å². The van der Waals surface area contributed by atoms with E-state index < -0.39 is 0 Å². The van der Waals surface area contributed by atoms with Crippen molar-refractivity contribution >= 4 is 22.6 Å². The van der Waals surface area contributed by atoms with Crippen LogP contribution in [0.1, 0.15) is 18.2 Å². The number of rotatable bonds is 1. The summed E-state index contributed by atoms with van der Waals surface area (Å²) < 4.78 is 0.736. The molecule has 0 unspecified atom stereocenters. The molecule has 0 amide bonds. The van der Waals surface area contributed by atoms with E-state index in [1.165, 1.54) is 6.42 Å². The number of aromatic nitrogens is 4. The van der Waals surface area contributed by atoms with E-state index in [1.54, 1.807) is 0 Å². The van der Waals surface area contributed by atoms with Crippen molar-refractivity contribution in [2.24, 2.45) is 0 Å². The van der Waals surface area contributed by atoms with E-state index in [4.69, 9.17) is 0 Å².